The van der Waals surface area contributed by atoms with E-state index in [9.17, 15) is 10.4 Å². The first kappa shape index (κ1) is 13.8. The molecule has 0 radical (unpaired) electrons. The molecule has 0 amide bonds. The number of aliphatic hydroxyl groups is 1. The maximum absolute atomic E-state index is 9.56. The first-order valence-corrected chi connectivity index (χ1v) is 7.47. The molecule has 1 heterocycles. The predicted octanol–water partition coefficient (Wildman–Crippen LogP) is 3.07. The van der Waals surface area contributed by atoms with Crippen LogP contribution in [0.25, 0.3) is 10.9 Å². The van der Waals surface area contributed by atoms with Crippen LogP contribution in [0.5, 0.6) is 0 Å². The topological polar surface area (TPSA) is 68.9 Å². The van der Waals surface area contributed by atoms with Gasteiger partial charge in [0.2, 0.25) is 0 Å². The van der Waals surface area contributed by atoms with Crippen molar-refractivity contribution < 1.29 is 5.11 Å². The Labute approximate surface area is 124 Å². The largest absolute Gasteiger partial charge is 0.393 e. The van der Waals surface area contributed by atoms with Gasteiger partial charge in [-0.2, -0.15) is 5.26 Å². The van der Waals surface area contributed by atoms with Crippen LogP contribution in [0.3, 0.4) is 0 Å². The molecule has 0 spiro atoms. The second-order valence-electron chi connectivity index (χ2n) is 5.73. The third kappa shape index (κ3) is 2.98. The summed E-state index contributed by atoms with van der Waals surface area (Å²) in [4.78, 5) is 4.32. The van der Waals surface area contributed by atoms with Crippen LogP contribution >= 0.6 is 0 Å². The Morgan fingerprint density at radius 1 is 1.24 bits per heavy atom. The van der Waals surface area contributed by atoms with Crippen molar-refractivity contribution in [1.82, 2.24) is 4.98 Å². The fourth-order valence-corrected chi connectivity index (χ4v) is 3.01. The standard InChI is InChI=1S/C17H19N3O/c18-9-13-11-19-16-4-2-1-3-15(16)17(13)20-10-12-5-7-14(21)8-6-12/h1-4,11-12,14,21H,5-8,10H2,(H,19,20). The molecule has 1 aromatic heterocycles. The average molecular weight is 281 g/mol. The number of fused-ring (bicyclic) bond motifs is 1. The van der Waals surface area contributed by atoms with Gasteiger partial charge in [0.15, 0.2) is 0 Å². The molecule has 1 aliphatic rings. The Morgan fingerprint density at radius 2 is 2.00 bits per heavy atom. The lowest BCUT2D eigenvalue weighted by atomic mass is 9.87. The van der Waals surface area contributed by atoms with Crippen LogP contribution in [0, 0.1) is 17.2 Å². The van der Waals surface area contributed by atoms with Gasteiger partial charge in [0.25, 0.3) is 0 Å². The quantitative estimate of drug-likeness (QED) is 0.907. The molecule has 0 saturated heterocycles. The SMILES string of the molecule is N#Cc1cnc2ccccc2c1NCC1CCC(O)CC1. The summed E-state index contributed by atoms with van der Waals surface area (Å²) in [5.41, 5.74) is 2.37. The van der Waals surface area contributed by atoms with Crippen LogP contribution in [0.4, 0.5) is 5.69 Å². The highest BCUT2D eigenvalue weighted by Gasteiger charge is 2.19. The summed E-state index contributed by atoms with van der Waals surface area (Å²) in [7, 11) is 0. The fraction of sp³-hybridized carbons (Fsp3) is 0.412. The van der Waals surface area contributed by atoms with Crippen LogP contribution in [-0.2, 0) is 0 Å². The number of benzene rings is 1. The molecule has 0 bridgehead atoms. The summed E-state index contributed by atoms with van der Waals surface area (Å²) >= 11 is 0. The van der Waals surface area contributed by atoms with Crippen molar-refractivity contribution in [3.8, 4) is 6.07 Å². The van der Waals surface area contributed by atoms with Gasteiger partial charge >= 0.3 is 0 Å². The predicted molar refractivity (Wildman–Crippen MR) is 82.9 cm³/mol. The number of anilines is 1. The molecule has 1 aromatic carbocycles. The highest BCUT2D eigenvalue weighted by atomic mass is 16.3. The Kier molecular flexibility index (Phi) is 4.03. The minimum Gasteiger partial charge on any atom is -0.393 e. The molecular weight excluding hydrogens is 262 g/mol. The van der Waals surface area contributed by atoms with Crippen molar-refractivity contribution in [1.29, 1.82) is 5.26 Å². The van der Waals surface area contributed by atoms with E-state index < -0.39 is 0 Å². The van der Waals surface area contributed by atoms with Crippen molar-refractivity contribution in [3.63, 3.8) is 0 Å². The number of rotatable bonds is 3. The number of pyridine rings is 1. The zero-order chi connectivity index (χ0) is 14.7. The molecule has 2 N–H and O–H groups in total. The second-order valence-corrected chi connectivity index (χ2v) is 5.73. The molecule has 1 fully saturated rings. The molecule has 0 atom stereocenters. The lowest BCUT2D eigenvalue weighted by Crippen LogP contribution is -2.23. The first-order chi connectivity index (χ1) is 10.3. The number of aliphatic hydroxyl groups excluding tert-OH is 1. The molecule has 3 rings (SSSR count). The number of nitrogens with one attached hydrogen (secondary N) is 1. The molecular formula is C17H19N3O. The Hall–Kier alpha value is -2.12. The second kappa shape index (κ2) is 6.11. The molecule has 1 saturated carbocycles. The maximum atomic E-state index is 9.56. The first-order valence-electron chi connectivity index (χ1n) is 7.47. The third-order valence-electron chi connectivity index (χ3n) is 4.28. The normalized spacial score (nSPS) is 21.9. The van der Waals surface area contributed by atoms with E-state index in [0.29, 0.717) is 11.5 Å². The fourth-order valence-electron chi connectivity index (χ4n) is 3.01. The highest BCUT2D eigenvalue weighted by Crippen LogP contribution is 2.28. The summed E-state index contributed by atoms with van der Waals surface area (Å²) in [6.45, 7) is 0.843. The van der Waals surface area contributed by atoms with Crippen LogP contribution in [0.2, 0.25) is 0 Å². The number of nitriles is 1. The maximum Gasteiger partial charge on any atom is 0.103 e. The summed E-state index contributed by atoms with van der Waals surface area (Å²) in [6.07, 6.45) is 5.36. The lowest BCUT2D eigenvalue weighted by molar-refractivity contribution is 0.111. The molecule has 21 heavy (non-hydrogen) atoms. The van der Waals surface area contributed by atoms with Gasteiger partial charge in [-0.15, -0.1) is 0 Å². The number of hydrogen-bond donors (Lipinski definition) is 2. The zero-order valence-electron chi connectivity index (χ0n) is 11.9. The highest BCUT2D eigenvalue weighted by molar-refractivity contribution is 5.93. The number of aromatic nitrogens is 1. The number of hydrogen-bond acceptors (Lipinski definition) is 4. The van der Waals surface area contributed by atoms with Gasteiger partial charge in [-0.1, -0.05) is 18.2 Å². The van der Waals surface area contributed by atoms with Crippen molar-refractivity contribution >= 4 is 16.6 Å². The summed E-state index contributed by atoms with van der Waals surface area (Å²) in [5, 5.41) is 23.3. The van der Waals surface area contributed by atoms with E-state index in [0.717, 1.165) is 48.8 Å². The van der Waals surface area contributed by atoms with Gasteiger partial charge in [0.05, 0.1) is 22.9 Å². The van der Waals surface area contributed by atoms with E-state index in [-0.39, 0.29) is 6.10 Å². The summed E-state index contributed by atoms with van der Waals surface area (Å²) in [6, 6.07) is 10.1. The van der Waals surface area contributed by atoms with Gasteiger partial charge in [0.1, 0.15) is 6.07 Å². The summed E-state index contributed by atoms with van der Waals surface area (Å²) in [5.74, 6) is 0.562. The molecule has 0 unspecified atom stereocenters. The molecule has 4 heteroatoms. The molecule has 108 valence electrons. The molecule has 4 nitrogen and oxygen atoms in total. The van der Waals surface area contributed by atoms with Gasteiger partial charge in [-0.05, 0) is 37.7 Å². The Bertz CT molecular complexity index is 669. The van der Waals surface area contributed by atoms with Gasteiger partial charge in [0, 0.05) is 18.1 Å². The molecule has 2 aromatic rings. The minimum atomic E-state index is -0.127. The van der Waals surface area contributed by atoms with E-state index >= 15 is 0 Å². The lowest BCUT2D eigenvalue weighted by Gasteiger charge is -2.26. The Balaban J connectivity index is 1.81. The van der Waals surface area contributed by atoms with Crippen molar-refractivity contribution in [2.75, 3.05) is 11.9 Å². The van der Waals surface area contributed by atoms with E-state index in [1.165, 1.54) is 0 Å². The molecule has 0 aliphatic heterocycles. The number of nitrogens with zero attached hydrogens (tertiary/aromatic N) is 2. The van der Waals surface area contributed by atoms with E-state index in [4.69, 9.17) is 0 Å². The Morgan fingerprint density at radius 3 is 2.76 bits per heavy atom. The smallest absolute Gasteiger partial charge is 0.103 e. The molecule has 1 aliphatic carbocycles. The monoisotopic (exact) mass is 281 g/mol. The summed E-state index contributed by atoms with van der Waals surface area (Å²) < 4.78 is 0. The number of para-hydroxylation sites is 1. The van der Waals surface area contributed by atoms with Gasteiger partial charge in [-0.3, -0.25) is 4.98 Å². The van der Waals surface area contributed by atoms with Crippen LogP contribution in [0.1, 0.15) is 31.2 Å². The minimum absolute atomic E-state index is 0.127. The average Bonchev–Trinajstić information content (AvgIpc) is 2.54. The van der Waals surface area contributed by atoms with Gasteiger partial charge in [-0.25, -0.2) is 0 Å². The van der Waals surface area contributed by atoms with E-state index in [2.05, 4.69) is 16.4 Å². The van der Waals surface area contributed by atoms with Crippen LogP contribution in [0.15, 0.2) is 30.5 Å². The van der Waals surface area contributed by atoms with Crippen LogP contribution in [-0.4, -0.2) is 22.7 Å². The van der Waals surface area contributed by atoms with E-state index in [1.807, 2.05) is 24.3 Å². The van der Waals surface area contributed by atoms with Crippen molar-refractivity contribution in [2.45, 2.75) is 31.8 Å². The van der Waals surface area contributed by atoms with E-state index in [1.54, 1.807) is 6.20 Å². The van der Waals surface area contributed by atoms with Crippen LogP contribution < -0.4 is 5.32 Å². The van der Waals surface area contributed by atoms with Gasteiger partial charge < -0.3 is 10.4 Å². The zero-order valence-corrected chi connectivity index (χ0v) is 11.9. The van der Waals surface area contributed by atoms with Crippen molar-refractivity contribution in [3.05, 3.63) is 36.0 Å². The third-order valence-corrected chi connectivity index (χ3v) is 4.28. The van der Waals surface area contributed by atoms with Crippen molar-refractivity contribution in [2.24, 2.45) is 5.92 Å².